The topological polar surface area (TPSA) is 25.4 Å². The molecule has 0 spiro atoms. The van der Waals surface area contributed by atoms with E-state index in [2.05, 4.69) is 9.88 Å². The summed E-state index contributed by atoms with van der Waals surface area (Å²) in [5.74, 6) is 0. The highest BCUT2D eigenvalue weighted by atomic mass is 35.5. The fourth-order valence-electron chi connectivity index (χ4n) is 1.87. The van der Waals surface area contributed by atoms with Crippen LogP contribution in [-0.2, 0) is 4.74 Å². The molecule has 4 heteroatoms. The van der Waals surface area contributed by atoms with Crippen LogP contribution in [0.5, 0.6) is 0 Å². The molecular weight excluding hydrogens is 272 g/mol. The van der Waals surface area contributed by atoms with E-state index < -0.39 is 0 Å². The fraction of sp³-hybridized carbons (Fsp3) is 0.312. The summed E-state index contributed by atoms with van der Waals surface area (Å²) in [6.45, 7) is 1.52. The minimum Gasteiger partial charge on any atom is -0.366 e. The van der Waals surface area contributed by atoms with Crippen molar-refractivity contribution < 1.29 is 4.74 Å². The number of hydrogen-bond acceptors (Lipinski definition) is 3. The lowest BCUT2D eigenvalue weighted by Gasteiger charge is -2.19. The quantitative estimate of drug-likeness (QED) is 0.815. The van der Waals surface area contributed by atoms with Gasteiger partial charge in [0.25, 0.3) is 0 Å². The number of likely N-dealkylation sites (N-methyl/N-ethyl adjacent to an activating group) is 1. The average molecular weight is 291 g/mol. The van der Waals surface area contributed by atoms with E-state index in [0.717, 1.165) is 22.8 Å². The van der Waals surface area contributed by atoms with Gasteiger partial charge in [-0.2, -0.15) is 0 Å². The Morgan fingerprint density at radius 2 is 1.90 bits per heavy atom. The zero-order valence-corrected chi connectivity index (χ0v) is 12.5. The van der Waals surface area contributed by atoms with Gasteiger partial charge in [0.2, 0.25) is 0 Å². The molecular formula is C16H19ClN2O. The van der Waals surface area contributed by atoms with Crippen molar-refractivity contribution in [2.45, 2.75) is 6.10 Å². The molecule has 0 saturated heterocycles. The summed E-state index contributed by atoms with van der Waals surface area (Å²) in [5.41, 5.74) is 1.97. The van der Waals surface area contributed by atoms with Crippen LogP contribution in [0.2, 0.25) is 5.02 Å². The molecule has 1 aromatic carbocycles. The Hall–Kier alpha value is -1.42. The number of pyridine rings is 1. The molecule has 1 aromatic heterocycles. The molecule has 0 aliphatic rings. The Labute approximate surface area is 125 Å². The average Bonchev–Trinajstić information content (AvgIpc) is 2.46. The van der Waals surface area contributed by atoms with Crippen molar-refractivity contribution in [1.29, 1.82) is 0 Å². The summed E-state index contributed by atoms with van der Waals surface area (Å²) in [6, 6.07) is 13.6. The van der Waals surface area contributed by atoms with Crippen molar-refractivity contribution in [3.63, 3.8) is 0 Å². The van der Waals surface area contributed by atoms with Gasteiger partial charge in [-0.25, -0.2) is 0 Å². The van der Waals surface area contributed by atoms with Crippen LogP contribution in [0.15, 0.2) is 48.7 Å². The molecule has 1 atom stereocenters. The molecule has 0 radical (unpaired) electrons. The smallest absolute Gasteiger partial charge is 0.124 e. The van der Waals surface area contributed by atoms with Crippen molar-refractivity contribution in [1.82, 2.24) is 9.88 Å². The number of nitrogens with zero attached hydrogens (tertiary/aromatic N) is 2. The molecule has 0 amide bonds. The Bertz CT molecular complexity index is 514. The number of benzene rings is 1. The third-order valence-corrected chi connectivity index (χ3v) is 3.20. The van der Waals surface area contributed by atoms with Crippen LogP contribution in [0.4, 0.5) is 0 Å². The molecule has 106 valence electrons. The zero-order valence-electron chi connectivity index (χ0n) is 11.8. The van der Waals surface area contributed by atoms with Crippen LogP contribution in [0.3, 0.4) is 0 Å². The fourth-order valence-corrected chi connectivity index (χ4v) is 2.00. The number of rotatable bonds is 6. The summed E-state index contributed by atoms with van der Waals surface area (Å²) >= 11 is 5.95. The molecule has 2 rings (SSSR count). The Balaban J connectivity index is 2.18. The van der Waals surface area contributed by atoms with Gasteiger partial charge >= 0.3 is 0 Å². The van der Waals surface area contributed by atoms with Crippen LogP contribution in [-0.4, -0.2) is 37.1 Å². The van der Waals surface area contributed by atoms with E-state index in [1.54, 1.807) is 6.20 Å². The first-order valence-electron chi connectivity index (χ1n) is 6.59. The molecule has 0 aliphatic heterocycles. The summed E-state index contributed by atoms with van der Waals surface area (Å²) in [6.07, 6.45) is 1.63. The molecule has 3 nitrogen and oxygen atoms in total. The molecule has 2 aromatic rings. The van der Waals surface area contributed by atoms with Crippen molar-refractivity contribution in [3.05, 3.63) is 64.9 Å². The SMILES string of the molecule is CN(C)CCO[C@@H](c1ccc(Cl)cc1)c1ccccn1. The van der Waals surface area contributed by atoms with Crippen LogP contribution < -0.4 is 0 Å². The standard InChI is InChI=1S/C16H19ClN2O/c1-19(2)11-12-20-16(15-5-3-4-10-18-15)13-6-8-14(17)9-7-13/h3-10,16H,11-12H2,1-2H3/t16-/m0/s1. The first kappa shape index (κ1) is 15.0. The molecule has 0 aliphatic carbocycles. The second-order valence-electron chi connectivity index (χ2n) is 4.86. The van der Waals surface area contributed by atoms with E-state index >= 15 is 0 Å². The summed E-state index contributed by atoms with van der Waals surface area (Å²) in [5, 5.41) is 0.724. The highest BCUT2D eigenvalue weighted by Crippen LogP contribution is 2.25. The second kappa shape index (κ2) is 7.39. The van der Waals surface area contributed by atoms with Crippen molar-refractivity contribution >= 4 is 11.6 Å². The summed E-state index contributed by atoms with van der Waals surface area (Å²) < 4.78 is 6.02. The van der Waals surface area contributed by atoms with Gasteiger partial charge in [0, 0.05) is 17.8 Å². The lowest BCUT2D eigenvalue weighted by Crippen LogP contribution is -2.20. The lowest BCUT2D eigenvalue weighted by atomic mass is 10.1. The first-order chi connectivity index (χ1) is 9.66. The third kappa shape index (κ3) is 4.30. The molecule has 0 N–H and O–H groups in total. The van der Waals surface area contributed by atoms with Gasteiger partial charge in [-0.3, -0.25) is 4.98 Å². The number of hydrogen-bond donors (Lipinski definition) is 0. The van der Waals surface area contributed by atoms with Crippen molar-refractivity contribution in [2.75, 3.05) is 27.2 Å². The van der Waals surface area contributed by atoms with E-state index in [0.29, 0.717) is 6.61 Å². The van der Waals surface area contributed by atoms with E-state index in [4.69, 9.17) is 16.3 Å². The highest BCUT2D eigenvalue weighted by molar-refractivity contribution is 6.30. The monoisotopic (exact) mass is 290 g/mol. The molecule has 20 heavy (non-hydrogen) atoms. The van der Waals surface area contributed by atoms with Crippen molar-refractivity contribution in [2.24, 2.45) is 0 Å². The Morgan fingerprint density at radius 1 is 1.15 bits per heavy atom. The largest absolute Gasteiger partial charge is 0.366 e. The number of aromatic nitrogens is 1. The maximum absolute atomic E-state index is 6.02. The van der Waals surface area contributed by atoms with E-state index in [9.17, 15) is 0 Å². The zero-order chi connectivity index (χ0) is 14.4. The van der Waals surface area contributed by atoms with E-state index in [-0.39, 0.29) is 6.10 Å². The van der Waals surface area contributed by atoms with Crippen LogP contribution in [0, 0.1) is 0 Å². The predicted octanol–water partition coefficient (Wildman–Crippen LogP) is 3.40. The summed E-state index contributed by atoms with van der Waals surface area (Å²) in [4.78, 5) is 6.50. The molecule has 0 unspecified atom stereocenters. The predicted molar refractivity (Wildman–Crippen MR) is 82.0 cm³/mol. The third-order valence-electron chi connectivity index (χ3n) is 2.95. The van der Waals surface area contributed by atoms with Gasteiger partial charge < -0.3 is 9.64 Å². The highest BCUT2D eigenvalue weighted by Gasteiger charge is 2.15. The van der Waals surface area contributed by atoms with E-state index in [1.807, 2.05) is 56.6 Å². The van der Waals surface area contributed by atoms with E-state index in [1.165, 1.54) is 0 Å². The van der Waals surface area contributed by atoms with Gasteiger partial charge in [-0.05, 0) is 43.9 Å². The Morgan fingerprint density at radius 3 is 2.50 bits per heavy atom. The molecule has 1 heterocycles. The van der Waals surface area contributed by atoms with Crippen LogP contribution in [0.1, 0.15) is 17.4 Å². The van der Waals surface area contributed by atoms with Crippen molar-refractivity contribution in [3.8, 4) is 0 Å². The number of ether oxygens (including phenoxy) is 1. The van der Waals surface area contributed by atoms with Crippen LogP contribution in [0.25, 0.3) is 0 Å². The van der Waals surface area contributed by atoms with Gasteiger partial charge in [-0.15, -0.1) is 0 Å². The van der Waals surface area contributed by atoms with Gasteiger partial charge in [-0.1, -0.05) is 29.8 Å². The second-order valence-corrected chi connectivity index (χ2v) is 5.30. The minimum atomic E-state index is -0.159. The van der Waals surface area contributed by atoms with Gasteiger partial charge in [0.1, 0.15) is 6.10 Å². The maximum atomic E-state index is 6.02. The maximum Gasteiger partial charge on any atom is 0.124 e. The Kier molecular flexibility index (Phi) is 5.53. The lowest BCUT2D eigenvalue weighted by molar-refractivity contribution is 0.0662. The number of halogens is 1. The van der Waals surface area contributed by atoms with Crippen LogP contribution >= 0.6 is 11.6 Å². The molecule has 0 saturated carbocycles. The van der Waals surface area contributed by atoms with Gasteiger partial charge in [0.15, 0.2) is 0 Å². The normalized spacial score (nSPS) is 12.6. The first-order valence-corrected chi connectivity index (χ1v) is 6.97. The molecule has 0 fully saturated rings. The van der Waals surface area contributed by atoms with Gasteiger partial charge in [0.05, 0.1) is 12.3 Å². The summed E-state index contributed by atoms with van der Waals surface area (Å²) in [7, 11) is 4.06. The molecule has 0 bridgehead atoms. The minimum absolute atomic E-state index is 0.159.